The lowest BCUT2D eigenvalue weighted by Crippen LogP contribution is -2.62. The van der Waals surface area contributed by atoms with Gasteiger partial charge in [-0.15, -0.1) is 0 Å². The molecule has 0 aliphatic heterocycles. The maximum atomic E-state index is 13.9. The second-order valence-electron chi connectivity index (χ2n) is 16.5. The molecular weight excluding hydrogens is 748 g/mol. The van der Waals surface area contributed by atoms with E-state index in [1.807, 2.05) is 20.8 Å². The van der Waals surface area contributed by atoms with Crippen molar-refractivity contribution in [3.05, 3.63) is 0 Å². The fourth-order valence-corrected chi connectivity index (χ4v) is 6.21. The normalized spacial score (nSPS) is 15.0. The highest BCUT2D eigenvalue weighted by molar-refractivity contribution is 5.97. The molecule has 17 nitrogen and oxygen atoms in total. The van der Waals surface area contributed by atoms with Crippen molar-refractivity contribution < 1.29 is 43.5 Å². The maximum absolute atomic E-state index is 13.9. The van der Waals surface area contributed by atoms with Crippen molar-refractivity contribution in [1.29, 1.82) is 0 Å². The number of carbonyl (C=O) groups excluding carboxylic acids is 7. The molecule has 0 saturated carbocycles. The molecule has 0 spiro atoms. The fourth-order valence-electron chi connectivity index (χ4n) is 6.21. The van der Waals surface area contributed by atoms with Crippen LogP contribution in [0.3, 0.4) is 0 Å². The number of nitrogens with two attached hydrogens (primary N) is 2. The second kappa shape index (κ2) is 29.0. The Morgan fingerprint density at radius 3 is 1.52 bits per heavy atom. The largest absolute Gasteiger partial charge is 0.480 e. The van der Waals surface area contributed by atoms with Gasteiger partial charge in [0.15, 0.2) is 0 Å². The molecule has 7 atom stereocenters. The van der Waals surface area contributed by atoms with Gasteiger partial charge in [0.2, 0.25) is 41.4 Å². The first-order valence-electron chi connectivity index (χ1n) is 21.2. The van der Waals surface area contributed by atoms with Gasteiger partial charge in [0, 0.05) is 12.8 Å². The smallest absolute Gasteiger partial charge is 0.326 e. The summed E-state index contributed by atoms with van der Waals surface area (Å²) >= 11 is 0. The SMILES string of the molecule is CCCCCCCC(=O)N[C@@H](CC(C)C)C(=O)N[C@H](CCC(N)=O)C(=O)N[C@H](C(=O)N[C@H](C(=O)N[C@H](C(=O)N[C@H](CCCCN)C(=O)O)C(C)C)C(C)C)[C@@H](C)CC. The third kappa shape index (κ3) is 21.5. The molecule has 334 valence electrons. The summed E-state index contributed by atoms with van der Waals surface area (Å²) in [6.07, 6.45) is 6.52. The van der Waals surface area contributed by atoms with Crippen molar-refractivity contribution in [3.8, 4) is 0 Å². The van der Waals surface area contributed by atoms with Crippen LogP contribution in [0, 0.1) is 23.7 Å². The van der Waals surface area contributed by atoms with Crippen molar-refractivity contribution in [2.45, 2.75) is 182 Å². The van der Waals surface area contributed by atoms with Crippen molar-refractivity contribution in [3.63, 3.8) is 0 Å². The van der Waals surface area contributed by atoms with Gasteiger partial charge in [0.1, 0.15) is 36.3 Å². The number of rotatable bonds is 31. The van der Waals surface area contributed by atoms with E-state index in [2.05, 4.69) is 38.8 Å². The zero-order valence-corrected chi connectivity index (χ0v) is 36.5. The summed E-state index contributed by atoms with van der Waals surface area (Å²) in [6.45, 7) is 16.6. The number of nitrogens with one attached hydrogen (secondary N) is 6. The lowest BCUT2D eigenvalue weighted by molar-refractivity contribution is -0.143. The van der Waals surface area contributed by atoms with Gasteiger partial charge in [-0.2, -0.15) is 0 Å². The number of carboxylic acid groups (broad SMARTS) is 1. The van der Waals surface area contributed by atoms with Crippen molar-refractivity contribution in [2.75, 3.05) is 6.54 Å². The van der Waals surface area contributed by atoms with Crippen LogP contribution in [0.15, 0.2) is 0 Å². The fraction of sp³-hybridized carbons (Fsp3) is 0.805. The summed E-state index contributed by atoms with van der Waals surface area (Å²) < 4.78 is 0. The number of hydrogen-bond acceptors (Lipinski definition) is 9. The average Bonchev–Trinajstić information content (AvgIpc) is 3.14. The molecule has 0 aromatic rings. The van der Waals surface area contributed by atoms with Gasteiger partial charge in [0.05, 0.1) is 0 Å². The van der Waals surface area contributed by atoms with Gasteiger partial charge in [-0.05, 0) is 68.7 Å². The number of hydrogen-bond donors (Lipinski definition) is 9. The first-order chi connectivity index (χ1) is 27.2. The van der Waals surface area contributed by atoms with Crippen LogP contribution < -0.4 is 43.4 Å². The summed E-state index contributed by atoms with van der Waals surface area (Å²) in [5.41, 5.74) is 10.9. The van der Waals surface area contributed by atoms with Crippen molar-refractivity contribution in [1.82, 2.24) is 31.9 Å². The molecule has 0 bridgehead atoms. The summed E-state index contributed by atoms with van der Waals surface area (Å²) in [6, 6.07) is -6.90. The average molecular weight is 825 g/mol. The molecule has 0 radical (unpaired) electrons. The Morgan fingerprint density at radius 2 is 1.03 bits per heavy atom. The molecule has 0 saturated heterocycles. The van der Waals surface area contributed by atoms with Crippen LogP contribution in [0.5, 0.6) is 0 Å². The van der Waals surface area contributed by atoms with Crippen molar-refractivity contribution >= 4 is 47.3 Å². The van der Waals surface area contributed by atoms with Crippen molar-refractivity contribution in [2.24, 2.45) is 35.1 Å². The predicted octanol–water partition coefficient (Wildman–Crippen LogP) is 2.14. The molecule has 11 N–H and O–H groups in total. The number of amides is 7. The van der Waals surface area contributed by atoms with Crippen LogP contribution in [0.25, 0.3) is 0 Å². The maximum Gasteiger partial charge on any atom is 0.326 e. The van der Waals surface area contributed by atoms with Crippen LogP contribution >= 0.6 is 0 Å². The standard InChI is InChI=1S/C41H76N8O9/c1-10-12-13-14-15-19-32(51)44-30(23-24(3)4)37(53)45-28(20-21-31(43)50)36(52)49-35(27(9)11-2)40(56)48-34(26(7)8)39(55)47-33(25(5)6)38(54)46-29(41(57)58)18-16-17-22-42/h24-30,33-35H,10-23,42H2,1-9H3,(H2,43,50)(H,44,51)(H,45,53)(H,46,54)(H,47,55)(H,48,56)(H,49,52)(H,57,58)/t27-,28+,29+,30-,33-,34-,35-/m0/s1. The topological polar surface area (TPSA) is 281 Å². The molecule has 0 aromatic heterocycles. The highest BCUT2D eigenvalue weighted by atomic mass is 16.4. The molecular formula is C41H76N8O9. The Labute approximate surface area is 345 Å². The molecule has 0 unspecified atom stereocenters. The van der Waals surface area contributed by atoms with Gasteiger partial charge < -0.3 is 48.5 Å². The van der Waals surface area contributed by atoms with Gasteiger partial charge in [0.25, 0.3) is 0 Å². The molecule has 0 aliphatic rings. The first-order valence-corrected chi connectivity index (χ1v) is 21.2. The highest BCUT2D eigenvalue weighted by Crippen LogP contribution is 2.14. The zero-order chi connectivity index (χ0) is 44.5. The van der Waals surface area contributed by atoms with E-state index in [1.54, 1.807) is 34.6 Å². The van der Waals surface area contributed by atoms with Crippen LogP contribution in [0.2, 0.25) is 0 Å². The molecule has 0 rings (SSSR count). The second-order valence-corrected chi connectivity index (χ2v) is 16.5. The Kier molecular flexibility index (Phi) is 26.9. The van der Waals surface area contributed by atoms with E-state index in [9.17, 15) is 43.5 Å². The van der Waals surface area contributed by atoms with E-state index in [1.165, 1.54) is 0 Å². The summed E-state index contributed by atoms with van der Waals surface area (Å²) in [5, 5.41) is 25.7. The quantitative estimate of drug-likeness (QED) is 0.0460. The number of carboxylic acids is 1. The van der Waals surface area contributed by atoms with E-state index in [0.717, 1.165) is 25.7 Å². The molecule has 17 heteroatoms. The Morgan fingerprint density at radius 1 is 0.534 bits per heavy atom. The monoisotopic (exact) mass is 825 g/mol. The lowest BCUT2D eigenvalue weighted by atomic mass is 9.95. The Hall–Kier alpha value is -4.28. The van der Waals surface area contributed by atoms with E-state index < -0.39 is 95.4 Å². The molecule has 0 heterocycles. The molecule has 0 aliphatic carbocycles. The molecule has 7 amide bonds. The Bertz CT molecular complexity index is 1330. The Balaban J connectivity index is 6.18. The van der Waals surface area contributed by atoms with E-state index >= 15 is 0 Å². The minimum Gasteiger partial charge on any atom is -0.480 e. The summed E-state index contributed by atoms with van der Waals surface area (Å²) in [4.78, 5) is 105. The van der Waals surface area contributed by atoms with E-state index in [4.69, 9.17) is 11.5 Å². The van der Waals surface area contributed by atoms with Gasteiger partial charge in [-0.3, -0.25) is 33.6 Å². The third-order valence-electron chi connectivity index (χ3n) is 10.0. The van der Waals surface area contributed by atoms with Gasteiger partial charge in [-0.1, -0.05) is 94.4 Å². The molecule has 58 heavy (non-hydrogen) atoms. The molecule has 0 fully saturated rings. The number of unbranched alkanes of at least 4 members (excludes halogenated alkanes) is 5. The van der Waals surface area contributed by atoms with Gasteiger partial charge >= 0.3 is 5.97 Å². The summed E-state index contributed by atoms with van der Waals surface area (Å²) in [5.74, 6) is -7.04. The number of primary amides is 1. The van der Waals surface area contributed by atoms with Crippen LogP contribution in [-0.4, -0.2) is 95.2 Å². The lowest BCUT2D eigenvalue weighted by Gasteiger charge is -2.31. The minimum absolute atomic E-state index is 0.0152. The number of aliphatic carboxylic acids is 1. The minimum atomic E-state index is -1.29. The van der Waals surface area contributed by atoms with E-state index in [0.29, 0.717) is 38.6 Å². The van der Waals surface area contributed by atoms with Crippen LogP contribution in [0.4, 0.5) is 0 Å². The van der Waals surface area contributed by atoms with E-state index in [-0.39, 0.29) is 37.5 Å². The van der Waals surface area contributed by atoms with Crippen LogP contribution in [-0.2, 0) is 38.4 Å². The number of carbonyl (C=O) groups is 8. The van der Waals surface area contributed by atoms with Crippen LogP contribution in [0.1, 0.15) is 146 Å². The first kappa shape index (κ1) is 53.7. The third-order valence-corrected chi connectivity index (χ3v) is 10.0. The highest BCUT2D eigenvalue weighted by Gasteiger charge is 2.36. The summed E-state index contributed by atoms with van der Waals surface area (Å²) in [7, 11) is 0. The van der Waals surface area contributed by atoms with Gasteiger partial charge in [-0.25, -0.2) is 4.79 Å². The predicted molar refractivity (Wildman–Crippen MR) is 223 cm³/mol. The zero-order valence-electron chi connectivity index (χ0n) is 36.5. The molecule has 0 aromatic carbocycles.